The van der Waals surface area contributed by atoms with Gasteiger partial charge in [0.15, 0.2) is 5.82 Å². The number of nitrogens with one attached hydrogen (secondary N) is 1. The van der Waals surface area contributed by atoms with Gasteiger partial charge in [0.25, 0.3) is 5.91 Å². The molecule has 1 atom stereocenters. The third-order valence-corrected chi connectivity index (χ3v) is 8.19. The van der Waals surface area contributed by atoms with Gasteiger partial charge in [-0.2, -0.15) is 4.98 Å². The maximum Gasteiger partial charge on any atom is 0.338 e. The minimum atomic E-state index is -1.09. The van der Waals surface area contributed by atoms with Crippen LogP contribution in [0.15, 0.2) is 29.2 Å². The van der Waals surface area contributed by atoms with Crippen molar-refractivity contribution in [3.05, 3.63) is 41.1 Å². The lowest BCUT2D eigenvalue weighted by Gasteiger charge is -2.39. The zero-order chi connectivity index (χ0) is 24.5. The number of hydrogen-bond acceptors (Lipinski definition) is 9. The van der Waals surface area contributed by atoms with Crippen LogP contribution in [0.3, 0.4) is 0 Å². The predicted octanol–water partition coefficient (Wildman–Crippen LogP) is 1.16. The molecule has 1 N–H and O–H groups in total. The number of anilines is 2. The summed E-state index contributed by atoms with van der Waals surface area (Å²) in [6.07, 6.45) is 2.21. The summed E-state index contributed by atoms with van der Waals surface area (Å²) in [7, 11) is 2.47. The van der Waals surface area contributed by atoms with Crippen molar-refractivity contribution in [2.75, 3.05) is 56.0 Å². The second-order valence-electron chi connectivity index (χ2n) is 8.97. The molecule has 0 saturated carbocycles. The molecule has 11 heteroatoms. The number of aromatic nitrogens is 2. The number of fused-ring (bicyclic) bond motifs is 1. The van der Waals surface area contributed by atoms with E-state index in [0.29, 0.717) is 55.6 Å². The van der Waals surface area contributed by atoms with E-state index in [9.17, 15) is 13.8 Å². The molecule has 10 nitrogen and oxygen atoms in total. The molecule has 1 amide bonds. The van der Waals surface area contributed by atoms with E-state index in [1.807, 2.05) is 11.9 Å². The molecule has 35 heavy (non-hydrogen) atoms. The molecule has 1 aromatic carbocycles. The second-order valence-corrected chi connectivity index (χ2v) is 10.5. The number of esters is 1. The van der Waals surface area contributed by atoms with E-state index in [4.69, 9.17) is 19.4 Å². The van der Waals surface area contributed by atoms with Crippen LogP contribution in [0.2, 0.25) is 0 Å². The first-order valence-electron chi connectivity index (χ1n) is 11.8. The van der Waals surface area contributed by atoms with Gasteiger partial charge in [-0.05, 0) is 37.1 Å². The normalized spacial score (nSPS) is 20.2. The van der Waals surface area contributed by atoms with Gasteiger partial charge >= 0.3 is 5.97 Å². The molecule has 1 unspecified atom stereocenters. The highest BCUT2D eigenvalue weighted by atomic mass is 32.2. The van der Waals surface area contributed by atoms with E-state index in [-0.39, 0.29) is 18.1 Å². The van der Waals surface area contributed by atoms with E-state index >= 15 is 0 Å². The number of rotatable bonds is 6. The lowest BCUT2D eigenvalue weighted by molar-refractivity contribution is 0.0231. The van der Waals surface area contributed by atoms with Crippen LogP contribution in [0.25, 0.3) is 0 Å². The van der Waals surface area contributed by atoms with E-state index < -0.39 is 16.8 Å². The molecule has 0 radical (unpaired) electrons. The maximum absolute atomic E-state index is 12.7. The van der Waals surface area contributed by atoms with Crippen molar-refractivity contribution in [1.82, 2.24) is 15.3 Å². The van der Waals surface area contributed by atoms with Gasteiger partial charge in [0.2, 0.25) is 5.95 Å². The quantitative estimate of drug-likeness (QED) is 0.585. The Hall–Kier alpha value is -3.05. The molecule has 2 fully saturated rings. The molecule has 0 bridgehead atoms. The fraction of sp³-hybridized carbons (Fsp3) is 0.500. The molecule has 4 heterocycles. The van der Waals surface area contributed by atoms with Crippen LogP contribution in [0.5, 0.6) is 0 Å². The van der Waals surface area contributed by atoms with Gasteiger partial charge < -0.3 is 24.6 Å². The number of aryl methyl sites for hydroxylation is 1. The summed E-state index contributed by atoms with van der Waals surface area (Å²) in [5.41, 5.74) is 1.72. The first kappa shape index (κ1) is 23.7. The van der Waals surface area contributed by atoms with E-state index in [0.717, 1.165) is 29.2 Å². The molecule has 186 valence electrons. The Bertz CT molecular complexity index is 1150. The fourth-order valence-corrected chi connectivity index (χ4v) is 5.98. The molecule has 3 aliphatic heterocycles. The Morgan fingerprint density at radius 3 is 2.51 bits per heavy atom. The van der Waals surface area contributed by atoms with Gasteiger partial charge in [-0.1, -0.05) is 0 Å². The van der Waals surface area contributed by atoms with Crippen LogP contribution < -0.4 is 15.1 Å². The lowest BCUT2D eigenvalue weighted by atomic mass is 10.1. The number of carbonyl (C=O) groups is 2. The smallest absolute Gasteiger partial charge is 0.338 e. The monoisotopic (exact) mass is 499 g/mol. The molecule has 5 rings (SSSR count). The predicted molar refractivity (Wildman–Crippen MR) is 131 cm³/mol. The summed E-state index contributed by atoms with van der Waals surface area (Å²) in [4.78, 5) is 38.6. The van der Waals surface area contributed by atoms with E-state index in [2.05, 4.69) is 10.2 Å². The number of amides is 1. The van der Waals surface area contributed by atoms with Crippen LogP contribution in [0.4, 0.5) is 11.8 Å². The highest BCUT2D eigenvalue weighted by Gasteiger charge is 2.36. The van der Waals surface area contributed by atoms with Crippen molar-refractivity contribution in [2.24, 2.45) is 0 Å². The number of nitrogens with zero attached hydrogens (tertiary/aromatic N) is 4. The van der Waals surface area contributed by atoms with Crippen molar-refractivity contribution in [1.29, 1.82) is 0 Å². The van der Waals surface area contributed by atoms with Crippen molar-refractivity contribution >= 4 is 34.4 Å². The van der Waals surface area contributed by atoms with Crippen LogP contribution in [-0.4, -0.2) is 84.4 Å². The molecule has 2 saturated heterocycles. The van der Waals surface area contributed by atoms with E-state index in [1.165, 1.54) is 0 Å². The van der Waals surface area contributed by atoms with Crippen LogP contribution in [-0.2, 0) is 26.7 Å². The molecule has 0 aliphatic carbocycles. The summed E-state index contributed by atoms with van der Waals surface area (Å²) in [6.45, 7) is 2.41. The average molecular weight is 500 g/mol. The van der Waals surface area contributed by atoms with Gasteiger partial charge in [0.1, 0.15) is 11.0 Å². The third kappa shape index (κ3) is 4.74. The first-order chi connectivity index (χ1) is 16.9. The number of carbonyl (C=O) groups excluding carboxylic acids is 2. The molecule has 2 aromatic rings. The Morgan fingerprint density at radius 2 is 1.83 bits per heavy atom. The van der Waals surface area contributed by atoms with E-state index in [1.54, 1.807) is 31.3 Å². The molecule has 0 spiro atoms. The Kier molecular flexibility index (Phi) is 6.70. The number of hydrogen-bond donors (Lipinski definition) is 1. The summed E-state index contributed by atoms with van der Waals surface area (Å²) in [5, 5.41) is 2.55. The van der Waals surface area contributed by atoms with Crippen molar-refractivity contribution in [3.8, 4) is 0 Å². The highest BCUT2D eigenvalue weighted by molar-refractivity contribution is 7.85. The Morgan fingerprint density at radius 1 is 1.14 bits per heavy atom. The van der Waals surface area contributed by atoms with Crippen LogP contribution in [0.1, 0.15) is 39.3 Å². The van der Waals surface area contributed by atoms with Gasteiger partial charge in [0.05, 0.1) is 35.1 Å². The van der Waals surface area contributed by atoms with Gasteiger partial charge in [-0.3, -0.25) is 9.00 Å². The minimum absolute atomic E-state index is 0.209. The van der Waals surface area contributed by atoms with Crippen molar-refractivity contribution in [2.45, 2.75) is 36.3 Å². The van der Waals surface area contributed by atoms with Crippen molar-refractivity contribution < 1.29 is 23.3 Å². The number of ether oxygens (including phenoxy) is 2. The molecule has 3 aliphatic rings. The molecule has 1 aromatic heterocycles. The Balaban J connectivity index is 1.26. The van der Waals surface area contributed by atoms with Gasteiger partial charge in [-0.25, -0.2) is 9.78 Å². The summed E-state index contributed by atoms with van der Waals surface area (Å²) in [6, 6.07) is 6.66. The molecular weight excluding hydrogens is 470 g/mol. The topological polar surface area (TPSA) is 114 Å². The van der Waals surface area contributed by atoms with Gasteiger partial charge in [-0.15, -0.1) is 0 Å². The zero-order valence-corrected chi connectivity index (χ0v) is 20.7. The maximum atomic E-state index is 12.7. The van der Waals surface area contributed by atoms with Gasteiger partial charge in [0, 0.05) is 51.1 Å². The van der Waals surface area contributed by atoms with Crippen LogP contribution in [0, 0.1) is 0 Å². The molecular formula is C24H29N5O5S. The largest absolute Gasteiger partial charge is 0.455 e. The minimum Gasteiger partial charge on any atom is -0.455 e. The standard InChI is InChI=1S/C24H29N5O5S/c1-25-22(30)15-3-5-16(6-4-15)23(31)34-18-13-29(14-18)24-26-19-9-12-35(32)20(19)21(27-24)28(2)17-7-10-33-11-8-17/h3-6,17-18H,7-14H2,1-2H3,(H,25,30). The van der Waals surface area contributed by atoms with Crippen LogP contribution >= 0.6 is 0 Å². The first-order valence-corrected chi connectivity index (χ1v) is 13.1. The zero-order valence-electron chi connectivity index (χ0n) is 19.9. The fourth-order valence-electron chi connectivity index (χ4n) is 4.59. The lowest BCUT2D eigenvalue weighted by Crippen LogP contribution is -2.54. The second kappa shape index (κ2) is 9.90. The highest BCUT2D eigenvalue weighted by Crippen LogP contribution is 2.34. The summed E-state index contributed by atoms with van der Waals surface area (Å²) in [5.74, 6) is 1.26. The third-order valence-electron chi connectivity index (χ3n) is 6.75. The average Bonchev–Trinajstić information content (AvgIpc) is 3.25. The summed E-state index contributed by atoms with van der Waals surface area (Å²) >= 11 is 0. The SMILES string of the molecule is CNC(=O)c1ccc(C(=O)OC2CN(c3nc4c(c(N(C)C5CCOCC5)n3)S(=O)CC4)C2)cc1. The summed E-state index contributed by atoms with van der Waals surface area (Å²) < 4.78 is 23.8. The Labute approximate surface area is 206 Å². The van der Waals surface area contributed by atoms with Crippen molar-refractivity contribution in [3.63, 3.8) is 0 Å². The number of benzene rings is 1.